The van der Waals surface area contributed by atoms with Crippen molar-refractivity contribution in [2.45, 2.75) is 37.6 Å². The fraction of sp³-hybridized carbons (Fsp3) is 0.462. The minimum atomic E-state index is -0.105. The molecule has 0 heterocycles. The minimum Gasteiger partial charge on any atom is -0.348 e. The van der Waals surface area contributed by atoms with Gasteiger partial charge < -0.3 is 5.32 Å². The maximum Gasteiger partial charge on any atom is 0.234 e. The van der Waals surface area contributed by atoms with Gasteiger partial charge in [0.1, 0.15) is 0 Å². The molecule has 2 nitrogen and oxygen atoms in total. The normalized spacial score (nSPS) is 14.1. The molecule has 94 valence electrons. The van der Waals surface area contributed by atoms with Gasteiger partial charge in [0, 0.05) is 4.47 Å². The third kappa shape index (κ3) is 4.43. The molecule has 0 fully saturated rings. The van der Waals surface area contributed by atoms with E-state index >= 15 is 0 Å². The lowest BCUT2D eigenvalue weighted by atomic mass is 10.0. The summed E-state index contributed by atoms with van der Waals surface area (Å²) in [5.74, 6) is 0.0577. The molecule has 0 aliphatic heterocycles. The Morgan fingerprint density at radius 3 is 2.29 bits per heavy atom. The summed E-state index contributed by atoms with van der Waals surface area (Å²) in [4.78, 5) is 11.7. The zero-order chi connectivity index (χ0) is 12.8. The highest BCUT2D eigenvalue weighted by atomic mass is 79.9. The van der Waals surface area contributed by atoms with Crippen LogP contribution in [0.15, 0.2) is 28.7 Å². The van der Waals surface area contributed by atoms with E-state index in [9.17, 15) is 4.79 Å². The van der Waals surface area contributed by atoms with Gasteiger partial charge in [0.25, 0.3) is 0 Å². The van der Waals surface area contributed by atoms with Gasteiger partial charge in [-0.3, -0.25) is 4.79 Å². The summed E-state index contributed by atoms with van der Waals surface area (Å²) in [5, 5.41) is 3.05. The predicted molar refractivity (Wildman–Crippen MR) is 78.3 cm³/mol. The van der Waals surface area contributed by atoms with Gasteiger partial charge in [-0.05, 0) is 30.5 Å². The Balaban J connectivity index is 2.72. The van der Waals surface area contributed by atoms with E-state index in [2.05, 4.69) is 44.1 Å². The zero-order valence-electron chi connectivity index (χ0n) is 10.0. The Morgan fingerprint density at radius 2 is 1.82 bits per heavy atom. The summed E-state index contributed by atoms with van der Waals surface area (Å²) in [6.07, 6.45) is 1.68. The van der Waals surface area contributed by atoms with Gasteiger partial charge in [-0.1, -0.05) is 57.8 Å². The Kier molecular flexibility index (Phi) is 6.20. The molecule has 17 heavy (non-hydrogen) atoms. The maximum atomic E-state index is 11.8. The Labute approximate surface area is 119 Å². The standard InChI is InChI=1S/C13H17Br2NO/c1-3-11(15)13(17)16-12(4-2)9-5-7-10(14)8-6-9/h5-8,11-12H,3-4H2,1-2H3,(H,16,17). The average Bonchev–Trinajstić information content (AvgIpc) is 2.35. The predicted octanol–water partition coefficient (Wildman–Crippen LogP) is 4.19. The number of alkyl halides is 1. The van der Waals surface area contributed by atoms with Crippen molar-refractivity contribution < 1.29 is 4.79 Å². The molecular formula is C13H17Br2NO. The molecule has 1 amide bonds. The lowest BCUT2D eigenvalue weighted by Gasteiger charge is -2.19. The van der Waals surface area contributed by atoms with Crippen LogP contribution in [-0.2, 0) is 4.79 Å². The molecule has 0 bridgehead atoms. The number of hydrogen-bond acceptors (Lipinski definition) is 1. The van der Waals surface area contributed by atoms with Crippen LogP contribution in [0.1, 0.15) is 38.3 Å². The van der Waals surface area contributed by atoms with E-state index in [0.717, 1.165) is 22.9 Å². The van der Waals surface area contributed by atoms with Crippen molar-refractivity contribution in [3.05, 3.63) is 34.3 Å². The molecule has 1 aromatic rings. The third-order valence-electron chi connectivity index (χ3n) is 2.64. The van der Waals surface area contributed by atoms with Crippen LogP contribution in [0.4, 0.5) is 0 Å². The molecule has 2 unspecified atom stereocenters. The van der Waals surface area contributed by atoms with Crippen molar-refractivity contribution in [2.75, 3.05) is 0 Å². The second kappa shape index (κ2) is 7.17. The van der Waals surface area contributed by atoms with E-state index in [-0.39, 0.29) is 16.8 Å². The Morgan fingerprint density at radius 1 is 1.24 bits per heavy atom. The van der Waals surface area contributed by atoms with Gasteiger partial charge in [0.15, 0.2) is 0 Å². The molecule has 0 saturated heterocycles. The van der Waals surface area contributed by atoms with Gasteiger partial charge in [-0.15, -0.1) is 0 Å². The van der Waals surface area contributed by atoms with E-state index in [0.29, 0.717) is 0 Å². The highest BCUT2D eigenvalue weighted by Crippen LogP contribution is 2.20. The van der Waals surface area contributed by atoms with Crippen molar-refractivity contribution >= 4 is 37.8 Å². The SMILES string of the molecule is CCC(Br)C(=O)NC(CC)c1ccc(Br)cc1. The fourth-order valence-electron chi connectivity index (χ4n) is 1.56. The molecule has 4 heteroatoms. The van der Waals surface area contributed by atoms with E-state index in [4.69, 9.17) is 0 Å². The molecule has 1 aromatic carbocycles. The number of carbonyl (C=O) groups is 1. The van der Waals surface area contributed by atoms with Crippen molar-refractivity contribution in [3.8, 4) is 0 Å². The summed E-state index contributed by atoms with van der Waals surface area (Å²) in [6, 6.07) is 8.15. The van der Waals surface area contributed by atoms with Crippen molar-refractivity contribution in [1.29, 1.82) is 0 Å². The molecule has 0 spiro atoms. The quantitative estimate of drug-likeness (QED) is 0.781. The zero-order valence-corrected chi connectivity index (χ0v) is 13.2. The minimum absolute atomic E-state index is 0.0577. The number of hydrogen-bond donors (Lipinski definition) is 1. The number of halogens is 2. The second-order valence-electron chi connectivity index (χ2n) is 3.90. The number of amides is 1. The summed E-state index contributed by atoms with van der Waals surface area (Å²) < 4.78 is 1.05. The number of rotatable bonds is 5. The average molecular weight is 363 g/mol. The molecule has 1 N–H and O–H groups in total. The van der Waals surface area contributed by atoms with Crippen LogP contribution in [-0.4, -0.2) is 10.7 Å². The first-order chi connectivity index (χ1) is 8.08. The third-order valence-corrected chi connectivity index (χ3v) is 4.23. The van der Waals surface area contributed by atoms with Crippen molar-refractivity contribution in [3.63, 3.8) is 0 Å². The van der Waals surface area contributed by atoms with Gasteiger partial charge in [-0.25, -0.2) is 0 Å². The summed E-state index contributed by atoms with van der Waals surface area (Å²) in [6.45, 7) is 4.06. The van der Waals surface area contributed by atoms with Crippen molar-refractivity contribution in [2.24, 2.45) is 0 Å². The van der Waals surface area contributed by atoms with Crippen LogP contribution < -0.4 is 5.32 Å². The van der Waals surface area contributed by atoms with E-state index < -0.39 is 0 Å². The van der Waals surface area contributed by atoms with Crippen LogP contribution in [0, 0.1) is 0 Å². The highest BCUT2D eigenvalue weighted by molar-refractivity contribution is 9.10. The Bertz CT molecular complexity index is 364. The number of carbonyl (C=O) groups excluding carboxylic acids is 1. The Hall–Kier alpha value is -0.350. The molecule has 0 aliphatic rings. The summed E-state index contributed by atoms with van der Waals surface area (Å²) >= 11 is 6.77. The van der Waals surface area contributed by atoms with Crippen LogP contribution >= 0.6 is 31.9 Å². The lowest BCUT2D eigenvalue weighted by molar-refractivity contribution is -0.121. The second-order valence-corrected chi connectivity index (χ2v) is 5.92. The van der Waals surface area contributed by atoms with Gasteiger partial charge in [0.05, 0.1) is 10.9 Å². The molecule has 0 aliphatic carbocycles. The van der Waals surface area contributed by atoms with Crippen LogP contribution in [0.25, 0.3) is 0 Å². The van der Waals surface area contributed by atoms with Crippen molar-refractivity contribution in [1.82, 2.24) is 5.32 Å². The lowest BCUT2D eigenvalue weighted by Crippen LogP contribution is -2.33. The summed E-state index contributed by atoms with van der Waals surface area (Å²) in [7, 11) is 0. The van der Waals surface area contributed by atoms with Gasteiger partial charge in [0.2, 0.25) is 5.91 Å². The summed E-state index contributed by atoms with van der Waals surface area (Å²) in [5.41, 5.74) is 1.14. The largest absolute Gasteiger partial charge is 0.348 e. The highest BCUT2D eigenvalue weighted by Gasteiger charge is 2.17. The van der Waals surface area contributed by atoms with Gasteiger partial charge >= 0.3 is 0 Å². The topological polar surface area (TPSA) is 29.1 Å². The first kappa shape index (κ1) is 14.7. The molecule has 0 aromatic heterocycles. The maximum absolute atomic E-state index is 11.8. The smallest absolute Gasteiger partial charge is 0.234 e. The van der Waals surface area contributed by atoms with Gasteiger partial charge in [-0.2, -0.15) is 0 Å². The first-order valence-corrected chi connectivity index (χ1v) is 7.49. The molecule has 0 saturated carbocycles. The molecule has 0 radical (unpaired) electrons. The van der Waals surface area contributed by atoms with E-state index in [1.807, 2.05) is 31.2 Å². The fourth-order valence-corrected chi connectivity index (χ4v) is 1.96. The molecule has 1 rings (SSSR count). The van der Waals surface area contributed by atoms with Crippen LogP contribution in [0.5, 0.6) is 0 Å². The first-order valence-electron chi connectivity index (χ1n) is 5.78. The van der Waals surface area contributed by atoms with Crippen LogP contribution in [0.2, 0.25) is 0 Å². The number of benzene rings is 1. The number of nitrogens with one attached hydrogen (secondary N) is 1. The monoisotopic (exact) mass is 361 g/mol. The van der Waals surface area contributed by atoms with Crippen LogP contribution in [0.3, 0.4) is 0 Å². The van der Waals surface area contributed by atoms with E-state index in [1.54, 1.807) is 0 Å². The molecular weight excluding hydrogens is 346 g/mol. The molecule has 2 atom stereocenters. The van der Waals surface area contributed by atoms with E-state index in [1.165, 1.54) is 0 Å².